The van der Waals surface area contributed by atoms with E-state index in [1.54, 1.807) is 18.2 Å². The molecule has 5 nitrogen and oxygen atoms in total. The third-order valence-corrected chi connectivity index (χ3v) is 4.05. The van der Waals surface area contributed by atoms with Crippen molar-refractivity contribution >= 4 is 23.4 Å². The van der Waals surface area contributed by atoms with E-state index >= 15 is 0 Å². The topological polar surface area (TPSA) is 49.9 Å². The molecular formula is C17H14ClFN2O3. The van der Waals surface area contributed by atoms with E-state index in [9.17, 15) is 14.0 Å². The second-order valence-electron chi connectivity index (χ2n) is 5.30. The van der Waals surface area contributed by atoms with Crippen molar-refractivity contribution in [2.45, 2.75) is 6.54 Å². The van der Waals surface area contributed by atoms with E-state index in [0.717, 1.165) is 11.6 Å². The van der Waals surface area contributed by atoms with Crippen molar-refractivity contribution in [1.29, 1.82) is 0 Å². The SMILES string of the molecule is CN1C(=O)c2ccccc2CN1C(=O)COc1ccc(F)cc1Cl. The van der Waals surface area contributed by atoms with Gasteiger partial charge in [-0.15, -0.1) is 0 Å². The standard InChI is InChI=1S/C17H14ClFN2O3/c1-20-17(23)13-5-3-2-4-11(13)9-21(20)16(22)10-24-15-7-6-12(19)8-14(15)18/h2-8H,9-10H2,1H3. The fourth-order valence-corrected chi connectivity index (χ4v) is 2.70. The fourth-order valence-electron chi connectivity index (χ4n) is 2.48. The number of nitrogens with zero attached hydrogens (tertiary/aromatic N) is 2. The number of amides is 2. The molecule has 0 saturated carbocycles. The summed E-state index contributed by atoms with van der Waals surface area (Å²) in [6.07, 6.45) is 0. The lowest BCUT2D eigenvalue weighted by Gasteiger charge is -2.36. The van der Waals surface area contributed by atoms with Gasteiger partial charge >= 0.3 is 0 Å². The minimum absolute atomic E-state index is 0.0798. The number of benzene rings is 2. The summed E-state index contributed by atoms with van der Waals surface area (Å²) in [6.45, 7) is -0.0388. The number of ether oxygens (including phenoxy) is 1. The molecule has 124 valence electrons. The molecule has 2 aromatic carbocycles. The molecule has 0 spiro atoms. The van der Waals surface area contributed by atoms with Crippen molar-refractivity contribution in [3.05, 3.63) is 64.4 Å². The van der Waals surface area contributed by atoms with Crippen molar-refractivity contribution in [3.8, 4) is 5.75 Å². The zero-order chi connectivity index (χ0) is 17.3. The molecule has 3 rings (SSSR count). The zero-order valence-electron chi connectivity index (χ0n) is 12.8. The van der Waals surface area contributed by atoms with Gasteiger partial charge in [-0.1, -0.05) is 29.8 Å². The Hall–Kier alpha value is -2.60. The summed E-state index contributed by atoms with van der Waals surface area (Å²) < 4.78 is 18.4. The quantitative estimate of drug-likeness (QED) is 0.857. The summed E-state index contributed by atoms with van der Waals surface area (Å²) in [4.78, 5) is 24.7. The van der Waals surface area contributed by atoms with E-state index in [-0.39, 0.29) is 29.8 Å². The van der Waals surface area contributed by atoms with E-state index in [1.165, 1.54) is 29.2 Å². The third kappa shape index (κ3) is 3.05. The molecule has 1 aliphatic rings. The Labute approximate surface area is 143 Å². The first-order valence-electron chi connectivity index (χ1n) is 7.21. The summed E-state index contributed by atoms with van der Waals surface area (Å²) in [6, 6.07) is 10.8. The van der Waals surface area contributed by atoms with Crippen molar-refractivity contribution in [1.82, 2.24) is 10.0 Å². The second kappa shape index (κ2) is 6.49. The molecule has 0 bridgehead atoms. The first-order valence-corrected chi connectivity index (χ1v) is 7.59. The highest BCUT2D eigenvalue weighted by molar-refractivity contribution is 6.32. The Morgan fingerprint density at radius 1 is 1.29 bits per heavy atom. The van der Waals surface area contributed by atoms with E-state index in [0.29, 0.717) is 5.56 Å². The van der Waals surface area contributed by atoms with Crippen LogP contribution in [0, 0.1) is 5.82 Å². The molecule has 0 N–H and O–H groups in total. The number of rotatable bonds is 3. The average molecular weight is 349 g/mol. The van der Waals surface area contributed by atoms with Gasteiger partial charge in [-0.25, -0.2) is 9.40 Å². The highest BCUT2D eigenvalue weighted by Crippen LogP contribution is 2.25. The molecule has 0 fully saturated rings. The highest BCUT2D eigenvalue weighted by Gasteiger charge is 2.31. The maximum Gasteiger partial charge on any atom is 0.279 e. The average Bonchev–Trinajstić information content (AvgIpc) is 2.57. The lowest BCUT2D eigenvalue weighted by molar-refractivity contribution is -0.147. The summed E-state index contributed by atoms with van der Waals surface area (Å²) in [5.74, 6) is -0.944. The molecule has 1 heterocycles. The minimum atomic E-state index is -0.489. The first-order chi connectivity index (χ1) is 11.5. The maximum atomic E-state index is 13.0. The predicted octanol–water partition coefficient (Wildman–Crippen LogP) is 2.89. The molecule has 24 heavy (non-hydrogen) atoms. The Kier molecular flexibility index (Phi) is 4.40. The largest absolute Gasteiger partial charge is 0.482 e. The monoisotopic (exact) mass is 348 g/mol. The number of hydrazine groups is 1. The number of hydrogen-bond donors (Lipinski definition) is 0. The highest BCUT2D eigenvalue weighted by atomic mass is 35.5. The van der Waals surface area contributed by atoms with Crippen molar-refractivity contribution in [2.24, 2.45) is 0 Å². The van der Waals surface area contributed by atoms with Gasteiger partial charge in [0.15, 0.2) is 6.61 Å². The first kappa shape index (κ1) is 16.3. The molecule has 2 aromatic rings. The minimum Gasteiger partial charge on any atom is -0.482 e. The molecule has 1 aliphatic heterocycles. The van der Waals surface area contributed by atoms with Crippen LogP contribution >= 0.6 is 11.6 Å². The molecular weight excluding hydrogens is 335 g/mol. The Bertz CT molecular complexity index is 812. The number of hydrogen-bond acceptors (Lipinski definition) is 3. The maximum absolute atomic E-state index is 13.0. The molecule has 0 unspecified atom stereocenters. The fraction of sp³-hybridized carbons (Fsp3) is 0.176. The lowest BCUT2D eigenvalue weighted by Crippen LogP contribution is -2.51. The molecule has 2 amide bonds. The zero-order valence-corrected chi connectivity index (χ0v) is 13.6. The molecule has 0 saturated heterocycles. The third-order valence-electron chi connectivity index (χ3n) is 3.76. The Balaban J connectivity index is 1.72. The van der Waals surface area contributed by atoms with Crippen LogP contribution in [0.2, 0.25) is 5.02 Å². The summed E-state index contributed by atoms with van der Waals surface area (Å²) >= 11 is 5.86. The van der Waals surface area contributed by atoms with Crippen LogP contribution in [-0.4, -0.2) is 35.5 Å². The van der Waals surface area contributed by atoms with Crippen molar-refractivity contribution in [2.75, 3.05) is 13.7 Å². The van der Waals surface area contributed by atoms with Gasteiger partial charge in [0.05, 0.1) is 11.6 Å². The molecule has 0 aromatic heterocycles. The predicted molar refractivity (Wildman–Crippen MR) is 86.0 cm³/mol. The Morgan fingerprint density at radius 3 is 2.79 bits per heavy atom. The molecule has 7 heteroatoms. The van der Waals surface area contributed by atoms with Crippen molar-refractivity contribution < 1.29 is 18.7 Å². The van der Waals surface area contributed by atoms with Gasteiger partial charge in [-0.05, 0) is 29.8 Å². The lowest BCUT2D eigenvalue weighted by atomic mass is 10.0. The van der Waals surface area contributed by atoms with Gasteiger partial charge in [0.1, 0.15) is 11.6 Å². The second-order valence-corrected chi connectivity index (χ2v) is 5.71. The van der Waals surface area contributed by atoms with Gasteiger partial charge in [0.25, 0.3) is 11.8 Å². The number of carbonyl (C=O) groups is 2. The van der Waals surface area contributed by atoms with Crippen LogP contribution in [0.5, 0.6) is 5.75 Å². The van der Waals surface area contributed by atoms with Crippen LogP contribution in [0.3, 0.4) is 0 Å². The van der Waals surface area contributed by atoms with Gasteiger partial charge in [0.2, 0.25) is 0 Å². The van der Waals surface area contributed by atoms with Crippen molar-refractivity contribution in [3.63, 3.8) is 0 Å². The molecule has 0 aliphatic carbocycles. The number of halogens is 2. The Morgan fingerprint density at radius 2 is 2.04 bits per heavy atom. The van der Waals surface area contributed by atoms with Gasteiger partial charge in [-0.2, -0.15) is 0 Å². The van der Waals surface area contributed by atoms with Crippen LogP contribution in [0.4, 0.5) is 4.39 Å². The smallest absolute Gasteiger partial charge is 0.279 e. The van der Waals surface area contributed by atoms with Gasteiger partial charge in [-0.3, -0.25) is 14.6 Å². The molecule has 0 radical (unpaired) electrons. The molecule has 0 atom stereocenters. The van der Waals surface area contributed by atoms with Crippen LogP contribution in [0.1, 0.15) is 15.9 Å². The van der Waals surface area contributed by atoms with Gasteiger partial charge < -0.3 is 4.74 Å². The van der Waals surface area contributed by atoms with Crippen LogP contribution in [0.15, 0.2) is 42.5 Å². The summed E-state index contributed by atoms with van der Waals surface area (Å²) in [5, 5.41) is 2.65. The van der Waals surface area contributed by atoms with Crippen LogP contribution in [-0.2, 0) is 11.3 Å². The van der Waals surface area contributed by atoms with E-state index in [4.69, 9.17) is 16.3 Å². The van der Waals surface area contributed by atoms with E-state index in [2.05, 4.69) is 0 Å². The summed E-state index contributed by atoms with van der Waals surface area (Å²) in [7, 11) is 1.53. The van der Waals surface area contributed by atoms with Crippen LogP contribution in [0.25, 0.3) is 0 Å². The van der Waals surface area contributed by atoms with E-state index in [1.807, 2.05) is 6.07 Å². The number of carbonyl (C=O) groups excluding carboxylic acids is 2. The number of fused-ring (bicyclic) bond motifs is 1. The van der Waals surface area contributed by atoms with Crippen LogP contribution < -0.4 is 4.74 Å². The summed E-state index contributed by atoms with van der Waals surface area (Å²) in [5.41, 5.74) is 1.35. The van der Waals surface area contributed by atoms with Gasteiger partial charge in [0, 0.05) is 12.6 Å². The van der Waals surface area contributed by atoms with E-state index < -0.39 is 11.7 Å². The normalized spacial score (nSPS) is 13.7.